The van der Waals surface area contributed by atoms with Crippen LogP contribution in [0.4, 0.5) is 4.79 Å². The van der Waals surface area contributed by atoms with Crippen LogP contribution in [-0.2, 0) is 54.0 Å². The number of fused-ring (bicyclic) bond motifs is 1. The normalized spacial score (nSPS) is 36.8. The maximum Gasteiger partial charge on any atom is 0.407 e. The van der Waals surface area contributed by atoms with Gasteiger partial charge < -0.3 is 78.4 Å². The maximum atomic E-state index is 14.6. The molecule has 3 aliphatic rings. The smallest absolute Gasteiger partial charge is 0.407 e. The molecule has 0 radical (unpaired) electrons. The van der Waals surface area contributed by atoms with Crippen molar-refractivity contribution in [3.05, 3.63) is 40.2 Å². The lowest BCUT2D eigenvalue weighted by atomic mass is 9.74. The summed E-state index contributed by atoms with van der Waals surface area (Å²) < 4.78 is 52.9. The fraction of sp³-hybridized carbons (Fsp3) is 0.764. The second kappa shape index (κ2) is 27.1. The number of hydrogen-bond donors (Lipinski definition) is 6. The Morgan fingerprint density at radius 2 is 1.56 bits per heavy atom. The first-order valence-electron chi connectivity index (χ1n) is 27.0. The van der Waals surface area contributed by atoms with Crippen molar-refractivity contribution in [1.82, 2.24) is 20.1 Å². The van der Waals surface area contributed by atoms with Gasteiger partial charge in [-0.05, 0) is 100 Å². The topological polar surface area (TPSA) is 272 Å². The Morgan fingerprint density at radius 1 is 0.896 bits per heavy atom. The van der Waals surface area contributed by atoms with E-state index < -0.39 is 119 Å². The van der Waals surface area contributed by atoms with Gasteiger partial charge in [0.2, 0.25) is 5.43 Å². The number of aliphatic hydroxyl groups excluding tert-OH is 2. The lowest BCUT2D eigenvalue weighted by Crippen LogP contribution is -2.62. The number of cyclic esters (lactones) is 1. The number of aryl methyl sites for hydroxylation is 1. The van der Waals surface area contributed by atoms with Gasteiger partial charge >= 0.3 is 18.0 Å². The van der Waals surface area contributed by atoms with Crippen molar-refractivity contribution in [3.63, 3.8) is 0 Å². The average molecular weight is 1110 g/mol. The third kappa shape index (κ3) is 14.8. The molecule has 0 aliphatic carbocycles. The van der Waals surface area contributed by atoms with Crippen LogP contribution in [0.25, 0.3) is 10.9 Å². The number of alkyl carbamates (subject to hydrolysis) is 1. The summed E-state index contributed by atoms with van der Waals surface area (Å²) in [5, 5.41) is 51.2. The molecule has 21 nitrogen and oxygen atoms in total. The number of esters is 1. The molecule has 4 heterocycles. The van der Waals surface area contributed by atoms with Crippen LogP contribution in [-0.4, -0.2) is 192 Å². The highest BCUT2D eigenvalue weighted by Crippen LogP contribution is 2.42. The highest BCUT2D eigenvalue weighted by Gasteiger charge is 2.55. The minimum Gasteiger partial charge on any atom is -0.477 e. The number of hydrogen-bond acceptors (Lipinski definition) is 19. The van der Waals surface area contributed by atoms with Gasteiger partial charge in [-0.1, -0.05) is 27.7 Å². The molecule has 0 spiro atoms. The molecular formula is C55H88N4O17S. The van der Waals surface area contributed by atoms with Gasteiger partial charge in [-0.3, -0.25) is 14.4 Å². The SMILES string of the molecule is CC[C@H]1OC(=O)[C@H](C)[C@@H](O[C@H]2C[C@@](C)(OC)[C@@H](OC(=O)NCCNCCSc3ccc4c(c3)c(=O)c(C(=O)O)cn4CC)[C@H](C)O2)[C@H](C)[C@@H](O[C@@H]2O[C@H](C)C[C@H](N(C)C)[C@H]2O)[C@](C)(OC)C[C@@H](C)C(=O)[C@H](C)[C@@H](O)[C@]1(C)O. The van der Waals surface area contributed by atoms with Crippen LogP contribution in [0, 0.1) is 23.7 Å². The molecular weight excluding hydrogens is 1020 g/mol. The van der Waals surface area contributed by atoms with Gasteiger partial charge in [-0.2, -0.15) is 0 Å². The fourth-order valence-corrected chi connectivity index (χ4v) is 12.3. The van der Waals surface area contributed by atoms with Crippen molar-refractivity contribution in [2.24, 2.45) is 23.7 Å². The number of amides is 1. The monoisotopic (exact) mass is 1110 g/mol. The van der Waals surface area contributed by atoms with Crippen LogP contribution < -0.4 is 16.1 Å². The molecule has 0 unspecified atom stereocenters. The van der Waals surface area contributed by atoms with Crippen LogP contribution in [0.15, 0.2) is 34.1 Å². The first-order valence-corrected chi connectivity index (χ1v) is 28.0. The third-order valence-electron chi connectivity index (χ3n) is 16.2. The average Bonchev–Trinajstić information content (AvgIpc) is 3.38. The number of carboxylic acids is 1. The van der Waals surface area contributed by atoms with Gasteiger partial charge in [-0.25, -0.2) is 9.59 Å². The van der Waals surface area contributed by atoms with E-state index in [1.54, 1.807) is 52.2 Å². The minimum atomic E-state index is -2.03. The quantitative estimate of drug-likeness (QED) is 0.0677. The van der Waals surface area contributed by atoms with E-state index in [1.807, 2.05) is 51.9 Å². The zero-order valence-corrected chi connectivity index (χ0v) is 48.5. The number of carbonyl (C=O) groups excluding carboxylic acids is 3. The molecule has 0 bridgehead atoms. The number of aromatic carboxylic acids is 1. The molecule has 5 rings (SSSR count). The molecule has 436 valence electrons. The number of ketones is 1. The van der Waals surface area contributed by atoms with Gasteiger partial charge in [0.05, 0.1) is 47.6 Å². The van der Waals surface area contributed by atoms with E-state index in [9.17, 15) is 44.4 Å². The Hall–Kier alpha value is -3.78. The number of ether oxygens (including phenoxy) is 8. The summed E-state index contributed by atoms with van der Waals surface area (Å²) >= 11 is 1.50. The number of Topliss-reactive ketones (excluding diaryl/α,β-unsaturated/α-hetero) is 1. The van der Waals surface area contributed by atoms with Crippen LogP contribution >= 0.6 is 11.8 Å². The second-order valence-corrected chi connectivity index (χ2v) is 23.3. The third-order valence-corrected chi connectivity index (χ3v) is 17.2. The van der Waals surface area contributed by atoms with E-state index in [0.717, 1.165) is 4.90 Å². The second-order valence-electron chi connectivity index (χ2n) is 22.2. The standard InChI is InChI=1S/C55H88N4O17S/c1-16-40-55(11,68)46(63)31(5)42(60)29(3)26-53(9,69-14)47(75-51-44(62)39(58(12)13)24-30(4)71-51)32(6)45(33(7)50(66)73-40)74-41-27-54(10,70-15)48(34(8)72-41)76-52(67)57-21-20-56-22-23-77-35-18-19-38-36(25-35)43(61)37(49(64)65)28-59(38)17-2/h18-19,25,28-34,39-41,44-48,51,56,62-63,68H,16-17,20-24,26-27H2,1-15H3,(H,57,67)(H,64,65)/t29-,30-,31+,32+,33-,34+,39+,40-,41+,44-,45+,46-,47-,48+,51+,53-,54-,55-/m1/s1. The van der Waals surface area contributed by atoms with Crippen LogP contribution in [0.2, 0.25) is 0 Å². The summed E-state index contributed by atoms with van der Waals surface area (Å²) in [6, 6.07) is 5.09. The zero-order chi connectivity index (χ0) is 57.5. The van der Waals surface area contributed by atoms with Crippen molar-refractivity contribution in [2.75, 3.05) is 53.7 Å². The number of nitrogens with one attached hydrogen (secondary N) is 2. The van der Waals surface area contributed by atoms with Crippen molar-refractivity contribution in [1.29, 1.82) is 0 Å². The van der Waals surface area contributed by atoms with Crippen molar-refractivity contribution in [3.8, 4) is 0 Å². The Labute approximate surface area is 457 Å². The summed E-state index contributed by atoms with van der Waals surface area (Å²) in [7, 11) is 6.70. The van der Waals surface area contributed by atoms with E-state index >= 15 is 0 Å². The number of carboxylic acid groups (broad SMARTS) is 1. The highest BCUT2D eigenvalue weighted by molar-refractivity contribution is 7.99. The molecule has 3 fully saturated rings. The number of aromatic nitrogens is 1. The van der Waals surface area contributed by atoms with E-state index in [4.69, 9.17) is 37.9 Å². The van der Waals surface area contributed by atoms with Gasteiger partial charge in [0.1, 0.15) is 34.8 Å². The molecule has 2 aromatic rings. The fourth-order valence-electron chi connectivity index (χ4n) is 11.4. The summed E-state index contributed by atoms with van der Waals surface area (Å²) in [6.07, 6.45) is -9.07. The number of carbonyl (C=O) groups is 4. The molecule has 77 heavy (non-hydrogen) atoms. The van der Waals surface area contributed by atoms with Crippen LogP contribution in [0.1, 0.15) is 112 Å². The molecule has 3 saturated heterocycles. The van der Waals surface area contributed by atoms with Crippen molar-refractivity contribution >= 4 is 46.5 Å². The first-order chi connectivity index (χ1) is 36.1. The molecule has 1 aromatic heterocycles. The number of benzene rings is 1. The molecule has 3 aliphatic heterocycles. The van der Waals surface area contributed by atoms with Crippen LogP contribution in [0.3, 0.4) is 0 Å². The molecule has 0 saturated carbocycles. The zero-order valence-electron chi connectivity index (χ0n) is 47.7. The Kier molecular flexibility index (Phi) is 22.6. The number of aliphatic hydroxyl groups is 3. The molecule has 22 heteroatoms. The lowest BCUT2D eigenvalue weighted by Gasteiger charge is -2.50. The molecule has 18 atom stereocenters. The summed E-state index contributed by atoms with van der Waals surface area (Å²) in [4.78, 5) is 69.5. The first kappa shape index (κ1) is 64.0. The van der Waals surface area contributed by atoms with Gasteiger partial charge in [-0.15, -0.1) is 11.8 Å². The largest absolute Gasteiger partial charge is 0.477 e. The number of methoxy groups -OCH3 is 2. The van der Waals surface area contributed by atoms with Crippen molar-refractivity contribution in [2.45, 2.75) is 198 Å². The van der Waals surface area contributed by atoms with Gasteiger partial charge in [0, 0.05) is 92.8 Å². The minimum absolute atomic E-state index is 0.0180. The van der Waals surface area contributed by atoms with Crippen LogP contribution in [0.5, 0.6) is 0 Å². The van der Waals surface area contributed by atoms with E-state index in [1.165, 1.54) is 46.0 Å². The van der Waals surface area contributed by atoms with E-state index in [0.29, 0.717) is 42.7 Å². The summed E-state index contributed by atoms with van der Waals surface area (Å²) in [5.74, 6) is -5.50. The number of nitrogens with zero attached hydrogens (tertiary/aromatic N) is 2. The predicted octanol–water partition coefficient (Wildman–Crippen LogP) is 4.59. The van der Waals surface area contributed by atoms with Gasteiger partial charge in [0.25, 0.3) is 0 Å². The summed E-state index contributed by atoms with van der Waals surface area (Å²) in [5.41, 5.74) is -4.69. The van der Waals surface area contributed by atoms with Gasteiger partial charge in [0.15, 0.2) is 18.7 Å². The van der Waals surface area contributed by atoms with Crippen molar-refractivity contribution < 1.29 is 77.5 Å². The summed E-state index contributed by atoms with van der Waals surface area (Å²) in [6.45, 7) is 20.5. The molecule has 1 aromatic carbocycles. The Bertz CT molecular complexity index is 2390. The Morgan fingerprint density at radius 3 is 2.17 bits per heavy atom. The number of rotatable bonds is 18. The lowest BCUT2D eigenvalue weighted by molar-refractivity contribution is -0.319. The number of likely N-dealkylation sites (N-methyl/N-ethyl adjacent to an activating group) is 1. The Balaban J connectivity index is 1.33. The number of pyridine rings is 1. The van der Waals surface area contributed by atoms with E-state index in [-0.39, 0.29) is 49.3 Å². The van der Waals surface area contributed by atoms with E-state index in [2.05, 4.69) is 10.6 Å². The number of thioether (sulfide) groups is 1. The maximum absolute atomic E-state index is 14.6. The highest BCUT2D eigenvalue weighted by atomic mass is 32.2. The molecule has 6 N–H and O–H groups in total. The molecule has 1 amide bonds. The predicted molar refractivity (Wildman–Crippen MR) is 288 cm³/mol.